The average Bonchev–Trinajstić information content (AvgIpc) is 3.24. The maximum atomic E-state index is 5.32. The van der Waals surface area contributed by atoms with Crippen molar-refractivity contribution in [2.45, 2.75) is 13.5 Å². The fourth-order valence-corrected chi connectivity index (χ4v) is 2.40. The molecular weight excluding hydrogens is 304 g/mol. The minimum absolute atomic E-state index is 0.429. The maximum absolute atomic E-state index is 5.32. The average molecular weight is 318 g/mol. The molecule has 0 bridgehead atoms. The van der Waals surface area contributed by atoms with Crippen LogP contribution in [-0.4, -0.2) is 30.1 Å². The van der Waals surface area contributed by atoms with Crippen LogP contribution in [0.4, 0.5) is 0 Å². The minimum Gasteiger partial charge on any atom is -0.334 e. The summed E-state index contributed by atoms with van der Waals surface area (Å²) in [6.45, 7) is 2.59. The Bertz CT molecular complexity index is 946. The predicted octanol–water partition coefficient (Wildman–Crippen LogP) is 2.75. The lowest BCUT2D eigenvalue weighted by Gasteiger charge is -2.02. The van der Waals surface area contributed by atoms with Crippen LogP contribution in [0.1, 0.15) is 11.3 Å². The third-order valence-electron chi connectivity index (χ3n) is 3.72. The van der Waals surface area contributed by atoms with Gasteiger partial charge in [0, 0.05) is 18.0 Å². The maximum Gasteiger partial charge on any atom is 0.258 e. The van der Waals surface area contributed by atoms with Gasteiger partial charge in [0.25, 0.3) is 5.89 Å². The van der Waals surface area contributed by atoms with E-state index < -0.39 is 0 Å². The Morgan fingerprint density at radius 2 is 1.83 bits per heavy atom. The number of rotatable bonds is 4. The molecule has 4 aromatic rings. The Balaban J connectivity index is 1.63. The highest BCUT2D eigenvalue weighted by molar-refractivity contribution is 5.57. The highest BCUT2D eigenvalue weighted by Gasteiger charge is 2.17. The molecule has 0 fully saturated rings. The van der Waals surface area contributed by atoms with E-state index >= 15 is 0 Å². The molecule has 3 aromatic heterocycles. The summed E-state index contributed by atoms with van der Waals surface area (Å²) in [5.74, 6) is 0.864. The summed E-state index contributed by atoms with van der Waals surface area (Å²) < 4.78 is 7.15. The zero-order chi connectivity index (χ0) is 16.4. The van der Waals surface area contributed by atoms with E-state index in [-0.39, 0.29) is 0 Å². The van der Waals surface area contributed by atoms with Gasteiger partial charge in [-0.25, -0.2) is 4.68 Å². The normalized spacial score (nSPS) is 10.9. The van der Waals surface area contributed by atoms with Crippen molar-refractivity contribution in [1.82, 2.24) is 30.1 Å². The Labute approximate surface area is 138 Å². The molecule has 0 saturated heterocycles. The van der Waals surface area contributed by atoms with E-state index in [9.17, 15) is 0 Å². The molecule has 0 unspecified atom stereocenters. The van der Waals surface area contributed by atoms with E-state index in [1.165, 1.54) is 0 Å². The number of benzene rings is 1. The zero-order valence-electron chi connectivity index (χ0n) is 13.0. The summed E-state index contributed by atoms with van der Waals surface area (Å²) in [6.07, 6.45) is 3.36. The summed E-state index contributed by atoms with van der Waals surface area (Å²) >= 11 is 0. The van der Waals surface area contributed by atoms with E-state index in [0.29, 0.717) is 24.0 Å². The monoisotopic (exact) mass is 318 g/mol. The third kappa shape index (κ3) is 2.67. The largest absolute Gasteiger partial charge is 0.334 e. The third-order valence-corrected chi connectivity index (χ3v) is 3.72. The van der Waals surface area contributed by atoms with Gasteiger partial charge in [-0.2, -0.15) is 4.98 Å². The second-order valence-electron chi connectivity index (χ2n) is 5.33. The van der Waals surface area contributed by atoms with Crippen molar-refractivity contribution in [2.24, 2.45) is 0 Å². The molecule has 0 amide bonds. The zero-order valence-corrected chi connectivity index (χ0v) is 13.0. The van der Waals surface area contributed by atoms with Gasteiger partial charge in [0.2, 0.25) is 5.82 Å². The minimum atomic E-state index is 0.429. The molecule has 118 valence electrons. The van der Waals surface area contributed by atoms with Crippen molar-refractivity contribution in [3.8, 4) is 23.0 Å². The van der Waals surface area contributed by atoms with E-state index in [4.69, 9.17) is 4.52 Å². The van der Waals surface area contributed by atoms with Crippen LogP contribution in [0.3, 0.4) is 0 Å². The number of nitrogens with zero attached hydrogens (tertiary/aromatic N) is 6. The van der Waals surface area contributed by atoms with Gasteiger partial charge in [0.05, 0.1) is 12.2 Å². The standard InChI is InChI=1S/C17H14N6O/c1-12-15(20-22-23(12)11-13-5-3-2-4-6-13)16-19-17(24-21-16)14-7-9-18-10-8-14/h2-10H,11H2,1H3. The topological polar surface area (TPSA) is 82.5 Å². The lowest BCUT2D eigenvalue weighted by Crippen LogP contribution is -2.03. The fourth-order valence-electron chi connectivity index (χ4n) is 2.40. The Morgan fingerprint density at radius 3 is 2.62 bits per heavy atom. The van der Waals surface area contributed by atoms with Gasteiger partial charge in [-0.15, -0.1) is 5.10 Å². The van der Waals surface area contributed by atoms with Crippen LogP contribution in [0.2, 0.25) is 0 Å². The summed E-state index contributed by atoms with van der Waals surface area (Å²) in [5, 5.41) is 12.4. The summed E-state index contributed by atoms with van der Waals surface area (Å²) in [4.78, 5) is 8.39. The first-order chi connectivity index (χ1) is 11.8. The molecular formula is C17H14N6O. The van der Waals surface area contributed by atoms with Crippen molar-refractivity contribution in [2.75, 3.05) is 0 Å². The van der Waals surface area contributed by atoms with Crippen LogP contribution in [0.15, 0.2) is 59.4 Å². The fraction of sp³-hybridized carbons (Fsp3) is 0.118. The molecule has 4 rings (SSSR count). The van der Waals surface area contributed by atoms with Crippen molar-refractivity contribution >= 4 is 0 Å². The summed E-state index contributed by atoms with van der Waals surface area (Å²) in [7, 11) is 0. The van der Waals surface area contributed by atoms with Crippen LogP contribution >= 0.6 is 0 Å². The number of pyridine rings is 1. The van der Waals surface area contributed by atoms with Crippen molar-refractivity contribution in [3.05, 3.63) is 66.1 Å². The molecule has 0 N–H and O–H groups in total. The molecule has 3 heterocycles. The van der Waals surface area contributed by atoms with Crippen LogP contribution < -0.4 is 0 Å². The van der Waals surface area contributed by atoms with Crippen molar-refractivity contribution < 1.29 is 4.52 Å². The van der Waals surface area contributed by atoms with Gasteiger partial charge in [0.1, 0.15) is 0 Å². The molecule has 7 heteroatoms. The van der Waals surface area contributed by atoms with E-state index in [0.717, 1.165) is 16.8 Å². The second-order valence-corrected chi connectivity index (χ2v) is 5.33. The highest BCUT2D eigenvalue weighted by Crippen LogP contribution is 2.22. The van der Waals surface area contributed by atoms with Crippen LogP contribution in [0.5, 0.6) is 0 Å². The van der Waals surface area contributed by atoms with E-state index in [2.05, 4.69) is 37.6 Å². The van der Waals surface area contributed by atoms with Gasteiger partial charge in [-0.3, -0.25) is 4.98 Å². The molecule has 0 saturated carbocycles. The van der Waals surface area contributed by atoms with Gasteiger partial charge in [0.15, 0.2) is 5.69 Å². The van der Waals surface area contributed by atoms with Crippen LogP contribution in [0.25, 0.3) is 23.0 Å². The number of aromatic nitrogens is 6. The van der Waals surface area contributed by atoms with Gasteiger partial charge < -0.3 is 4.52 Å². The molecule has 1 aromatic carbocycles. The second kappa shape index (κ2) is 6.04. The van der Waals surface area contributed by atoms with Gasteiger partial charge >= 0.3 is 0 Å². The first kappa shape index (κ1) is 14.3. The first-order valence-corrected chi connectivity index (χ1v) is 7.50. The molecule has 0 radical (unpaired) electrons. The predicted molar refractivity (Wildman–Crippen MR) is 86.8 cm³/mol. The molecule has 7 nitrogen and oxygen atoms in total. The SMILES string of the molecule is Cc1c(-c2noc(-c3ccncc3)n2)nnn1Cc1ccccc1. The Kier molecular flexibility index (Phi) is 3.59. The lowest BCUT2D eigenvalue weighted by atomic mass is 10.2. The lowest BCUT2D eigenvalue weighted by molar-refractivity contribution is 0.432. The quantitative estimate of drug-likeness (QED) is 0.575. The number of hydrogen-bond acceptors (Lipinski definition) is 6. The van der Waals surface area contributed by atoms with Gasteiger partial charge in [-0.05, 0) is 24.6 Å². The van der Waals surface area contributed by atoms with E-state index in [1.54, 1.807) is 12.4 Å². The molecule has 0 aliphatic rings. The number of hydrogen-bond donors (Lipinski definition) is 0. The summed E-state index contributed by atoms with van der Waals surface area (Å²) in [6, 6.07) is 13.7. The molecule has 0 aliphatic carbocycles. The molecule has 24 heavy (non-hydrogen) atoms. The molecule has 0 aliphatic heterocycles. The molecule has 0 atom stereocenters. The van der Waals surface area contributed by atoms with Gasteiger partial charge in [-0.1, -0.05) is 40.7 Å². The van der Waals surface area contributed by atoms with Crippen molar-refractivity contribution in [1.29, 1.82) is 0 Å². The molecule has 0 spiro atoms. The first-order valence-electron chi connectivity index (χ1n) is 7.50. The van der Waals surface area contributed by atoms with Crippen LogP contribution in [0, 0.1) is 6.92 Å². The smallest absolute Gasteiger partial charge is 0.258 e. The van der Waals surface area contributed by atoms with E-state index in [1.807, 2.05) is 41.9 Å². The van der Waals surface area contributed by atoms with Crippen molar-refractivity contribution in [3.63, 3.8) is 0 Å². The van der Waals surface area contributed by atoms with Crippen LogP contribution in [-0.2, 0) is 6.54 Å². The summed E-state index contributed by atoms with van der Waals surface area (Å²) in [5.41, 5.74) is 3.48. The highest BCUT2D eigenvalue weighted by atomic mass is 16.5. The Morgan fingerprint density at radius 1 is 1.04 bits per heavy atom. The Hall–Kier alpha value is -3.35.